The first-order valence-electron chi connectivity index (χ1n) is 10.2. The monoisotopic (exact) mass is 444 g/mol. The zero-order chi connectivity index (χ0) is 23.7. The van der Waals surface area contributed by atoms with Gasteiger partial charge in [-0.15, -0.1) is 0 Å². The first kappa shape index (κ1) is 21.8. The number of nitrogens with zero attached hydrogens (tertiary/aromatic N) is 4. The van der Waals surface area contributed by atoms with E-state index in [0.717, 1.165) is 10.5 Å². The van der Waals surface area contributed by atoms with Gasteiger partial charge in [-0.1, -0.05) is 42.5 Å². The summed E-state index contributed by atoms with van der Waals surface area (Å²) in [6, 6.07) is 16.7. The minimum atomic E-state index is -1.18. The van der Waals surface area contributed by atoms with E-state index in [4.69, 9.17) is 0 Å². The van der Waals surface area contributed by atoms with Gasteiger partial charge >= 0.3 is 0 Å². The number of imide groups is 1. The maximum atomic E-state index is 13.5. The molecule has 0 bridgehead atoms. The van der Waals surface area contributed by atoms with Gasteiger partial charge < -0.3 is 4.90 Å². The Morgan fingerprint density at radius 1 is 1.00 bits per heavy atom. The van der Waals surface area contributed by atoms with E-state index in [9.17, 15) is 24.5 Å². The maximum Gasteiger partial charge on any atom is 0.282 e. The molecule has 0 radical (unpaired) electrons. The summed E-state index contributed by atoms with van der Waals surface area (Å²) in [5.74, 6) is -2.10. The standard InChI is InChI=1S/C24H20N4O5/c1-15(27-23(30)17-11-8-13-19(28(32)33)20(17)24(27)31)22(29)26(2)21(16-9-4-3-5-10-16)18-12-6-7-14-25-18/h3-15,21H,1-2H3. The van der Waals surface area contributed by atoms with Crippen molar-refractivity contribution >= 4 is 23.4 Å². The van der Waals surface area contributed by atoms with Crippen molar-refractivity contribution in [2.24, 2.45) is 0 Å². The number of aromatic nitrogens is 1. The number of pyridine rings is 1. The van der Waals surface area contributed by atoms with E-state index < -0.39 is 40.4 Å². The van der Waals surface area contributed by atoms with Crippen LogP contribution >= 0.6 is 0 Å². The van der Waals surface area contributed by atoms with Crippen LogP contribution in [-0.2, 0) is 4.79 Å². The van der Waals surface area contributed by atoms with Crippen LogP contribution < -0.4 is 0 Å². The first-order chi connectivity index (χ1) is 15.8. The molecule has 0 saturated heterocycles. The second kappa shape index (κ2) is 8.62. The van der Waals surface area contributed by atoms with Crippen molar-refractivity contribution in [3.05, 3.63) is 105 Å². The third-order valence-corrected chi connectivity index (χ3v) is 5.68. The van der Waals surface area contributed by atoms with E-state index in [1.807, 2.05) is 36.4 Å². The molecule has 4 rings (SSSR count). The Bertz CT molecular complexity index is 1210. The minimum absolute atomic E-state index is 0.0826. The average Bonchev–Trinajstić information content (AvgIpc) is 3.09. The fraction of sp³-hybridized carbons (Fsp3) is 0.167. The van der Waals surface area contributed by atoms with Gasteiger partial charge in [0.15, 0.2) is 0 Å². The van der Waals surface area contributed by atoms with Crippen LogP contribution in [0, 0.1) is 10.1 Å². The highest BCUT2D eigenvalue weighted by atomic mass is 16.6. The van der Waals surface area contributed by atoms with Crippen molar-refractivity contribution in [3.63, 3.8) is 0 Å². The summed E-state index contributed by atoms with van der Waals surface area (Å²) in [7, 11) is 1.58. The molecule has 3 aromatic rings. The number of carbonyl (C=O) groups excluding carboxylic acids is 3. The largest absolute Gasteiger partial charge is 0.331 e. The van der Waals surface area contributed by atoms with Crippen molar-refractivity contribution in [1.82, 2.24) is 14.8 Å². The molecule has 0 fully saturated rings. The molecule has 9 nitrogen and oxygen atoms in total. The van der Waals surface area contributed by atoms with E-state index in [1.165, 1.54) is 30.0 Å². The van der Waals surface area contributed by atoms with Gasteiger partial charge in [-0.05, 0) is 30.7 Å². The summed E-state index contributed by atoms with van der Waals surface area (Å²) in [6.07, 6.45) is 1.62. The molecule has 33 heavy (non-hydrogen) atoms. The molecule has 3 amide bonds. The van der Waals surface area contributed by atoms with Crippen LogP contribution in [0.5, 0.6) is 0 Å². The zero-order valence-electron chi connectivity index (χ0n) is 17.9. The summed E-state index contributed by atoms with van der Waals surface area (Å²) < 4.78 is 0. The number of rotatable bonds is 6. The number of hydrogen-bond acceptors (Lipinski definition) is 6. The molecule has 166 valence electrons. The van der Waals surface area contributed by atoms with E-state index in [0.29, 0.717) is 5.69 Å². The number of amides is 3. The van der Waals surface area contributed by atoms with Crippen LogP contribution in [-0.4, -0.2) is 50.5 Å². The highest BCUT2D eigenvalue weighted by Crippen LogP contribution is 2.33. The van der Waals surface area contributed by atoms with Gasteiger partial charge in [0.25, 0.3) is 17.5 Å². The van der Waals surface area contributed by atoms with Gasteiger partial charge in [-0.2, -0.15) is 0 Å². The minimum Gasteiger partial charge on any atom is -0.331 e. The van der Waals surface area contributed by atoms with E-state index in [1.54, 1.807) is 25.4 Å². The first-order valence-corrected chi connectivity index (χ1v) is 10.2. The van der Waals surface area contributed by atoms with E-state index >= 15 is 0 Å². The van der Waals surface area contributed by atoms with Crippen molar-refractivity contribution in [2.45, 2.75) is 19.0 Å². The predicted octanol–water partition coefficient (Wildman–Crippen LogP) is 3.22. The van der Waals surface area contributed by atoms with E-state index in [2.05, 4.69) is 4.98 Å². The van der Waals surface area contributed by atoms with Crippen LogP contribution in [0.25, 0.3) is 0 Å². The van der Waals surface area contributed by atoms with Gasteiger partial charge in [0, 0.05) is 19.3 Å². The van der Waals surface area contributed by atoms with Crippen LogP contribution in [0.1, 0.15) is 44.9 Å². The molecule has 0 aliphatic carbocycles. The second-order valence-electron chi connectivity index (χ2n) is 7.63. The van der Waals surface area contributed by atoms with E-state index in [-0.39, 0.29) is 11.1 Å². The summed E-state index contributed by atoms with van der Waals surface area (Å²) in [4.78, 5) is 56.8. The lowest BCUT2D eigenvalue weighted by molar-refractivity contribution is -0.385. The molecule has 2 unspecified atom stereocenters. The molecule has 0 spiro atoms. The van der Waals surface area contributed by atoms with Gasteiger partial charge in [0.1, 0.15) is 11.6 Å². The smallest absolute Gasteiger partial charge is 0.282 e. The normalized spacial score (nSPS) is 14.5. The quantitative estimate of drug-likeness (QED) is 0.328. The molecule has 1 aliphatic heterocycles. The Morgan fingerprint density at radius 2 is 1.70 bits per heavy atom. The van der Waals surface area contributed by atoms with Crippen molar-refractivity contribution in [3.8, 4) is 0 Å². The Hall–Kier alpha value is -4.40. The summed E-state index contributed by atoms with van der Waals surface area (Å²) in [5, 5.41) is 11.4. The molecular weight excluding hydrogens is 424 g/mol. The summed E-state index contributed by atoms with van der Waals surface area (Å²) in [6.45, 7) is 1.44. The molecule has 2 atom stereocenters. The van der Waals surface area contributed by atoms with Crippen molar-refractivity contribution < 1.29 is 19.3 Å². The Kier molecular flexibility index (Phi) is 5.70. The van der Waals surface area contributed by atoms with Gasteiger partial charge in [0.05, 0.1) is 22.2 Å². The SMILES string of the molecule is CC(C(=O)N(C)C(c1ccccc1)c1ccccn1)N1C(=O)c2cccc([N+](=O)[O-])c2C1=O. The third-order valence-electron chi connectivity index (χ3n) is 5.68. The summed E-state index contributed by atoms with van der Waals surface area (Å²) >= 11 is 0. The lowest BCUT2D eigenvalue weighted by Crippen LogP contribution is -2.49. The predicted molar refractivity (Wildman–Crippen MR) is 118 cm³/mol. The van der Waals surface area contributed by atoms with Crippen molar-refractivity contribution in [1.29, 1.82) is 0 Å². The lowest BCUT2D eigenvalue weighted by atomic mass is 10.0. The fourth-order valence-corrected chi connectivity index (χ4v) is 4.09. The zero-order valence-corrected chi connectivity index (χ0v) is 17.9. The number of likely N-dealkylation sites (N-methyl/N-ethyl adjacent to an activating group) is 1. The van der Waals surface area contributed by atoms with Crippen LogP contribution in [0.2, 0.25) is 0 Å². The number of carbonyl (C=O) groups is 3. The molecule has 2 heterocycles. The Balaban J connectivity index is 1.68. The number of hydrogen-bond donors (Lipinski definition) is 0. The molecule has 1 aromatic heterocycles. The fourth-order valence-electron chi connectivity index (χ4n) is 4.09. The van der Waals surface area contributed by atoms with Gasteiger partial charge in [0.2, 0.25) is 5.91 Å². The maximum absolute atomic E-state index is 13.5. The highest BCUT2D eigenvalue weighted by Gasteiger charge is 2.46. The number of benzene rings is 2. The lowest BCUT2D eigenvalue weighted by Gasteiger charge is -2.32. The van der Waals surface area contributed by atoms with Crippen LogP contribution in [0.15, 0.2) is 72.9 Å². The molecule has 0 saturated carbocycles. The summed E-state index contributed by atoms with van der Waals surface area (Å²) in [5.41, 5.74) is 0.582. The van der Waals surface area contributed by atoms with Crippen LogP contribution in [0.3, 0.4) is 0 Å². The topological polar surface area (TPSA) is 114 Å². The molecule has 1 aliphatic rings. The molecular formula is C24H20N4O5. The van der Waals surface area contributed by atoms with Crippen LogP contribution in [0.4, 0.5) is 5.69 Å². The molecule has 2 aromatic carbocycles. The molecule has 9 heteroatoms. The van der Waals surface area contributed by atoms with Crippen molar-refractivity contribution in [2.75, 3.05) is 7.05 Å². The third kappa shape index (κ3) is 3.73. The Morgan fingerprint density at radius 3 is 2.33 bits per heavy atom. The van der Waals surface area contributed by atoms with Gasteiger partial charge in [-0.25, -0.2) is 0 Å². The molecule has 0 N–H and O–H groups in total. The van der Waals surface area contributed by atoms with Gasteiger partial charge in [-0.3, -0.25) is 34.4 Å². The Labute approximate surface area is 189 Å². The number of fused-ring (bicyclic) bond motifs is 1. The second-order valence-corrected chi connectivity index (χ2v) is 7.63. The highest BCUT2D eigenvalue weighted by molar-refractivity contribution is 6.24. The average molecular weight is 444 g/mol. The number of nitro benzene ring substituents is 1. The number of nitro groups is 1.